The van der Waals surface area contributed by atoms with Gasteiger partial charge in [0.1, 0.15) is 0 Å². The SMILES string of the molecule is CCNc1nnc(C(=O)NCCC2CCCCO2)s1. The number of amides is 1. The number of nitrogens with zero attached hydrogens (tertiary/aromatic N) is 2. The molecule has 0 radical (unpaired) electrons. The molecular formula is C12H20N4O2S. The van der Waals surface area contributed by atoms with Gasteiger partial charge in [-0.2, -0.15) is 0 Å². The van der Waals surface area contributed by atoms with E-state index in [9.17, 15) is 4.79 Å². The summed E-state index contributed by atoms with van der Waals surface area (Å²) in [6.07, 6.45) is 4.63. The van der Waals surface area contributed by atoms with Crippen LogP contribution in [-0.4, -0.2) is 41.9 Å². The molecule has 0 saturated carbocycles. The van der Waals surface area contributed by atoms with Crippen LogP contribution >= 0.6 is 11.3 Å². The van der Waals surface area contributed by atoms with Gasteiger partial charge in [0.2, 0.25) is 10.1 Å². The number of aromatic nitrogens is 2. The van der Waals surface area contributed by atoms with Crippen LogP contribution in [0.1, 0.15) is 42.4 Å². The summed E-state index contributed by atoms with van der Waals surface area (Å²) >= 11 is 1.27. The molecule has 1 aromatic rings. The van der Waals surface area contributed by atoms with E-state index in [0.29, 0.717) is 22.8 Å². The van der Waals surface area contributed by atoms with Gasteiger partial charge in [-0.15, -0.1) is 10.2 Å². The van der Waals surface area contributed by atoms with Crippen molar-refractivity contribution < 1.29 is 9.53 Å². The second-order valence-electron chi connectivity index (χ2n) is 4.48. The second kappa shape index (κ2) is 7.40. The fourth-order valence-corrected chi connectivity index (χ4v) is 2.72. The minimum Gasteiger partial charge on any atom is -0.378 e. The number of rotatable bonds is 6. The molecule has 6 nitrogen and oxygen atoms in total. The number of carbonyl (C=O) groups excluding carboxylic acids is 1. The largest absolute Gasteiger partial charge is 0.378 e. The zero-order valence-electron chi connectivity index (χ0n) is 11.1. The first-order valence-corrected chi connectivity index (χ1v) is 7.58. The van der Waals surface area contributed by atoms with Gasteiger partial charge in [0.15, 0.2) is 0 Å². The van der Waals surface area contributed by atoms with Gasteiger partial charge in [0.05, 0.1) is 6.10 Å². The molecule has 19 heavy (non-hydrogen) atoms. The van der Waals surface area contributed by atoms with E-state index >= 15 is 0 Å². The van der Waals surface area contributed by atoms with E-state index in [1.54, 1.807) is 0 Å². The van der Waals surface area contributed by atoms with E-state index in [-0.39, 0.29) is 5.91 Å². The number of hydrogen-bond donors (Lipinski definition) is 2. The molecule has 2 rings (SSSR count). The van der Waals surface area contributed by atoms with Crippen LogP contribution in [0.15, 0.2) is 0 Å². The molecule has 1 fully saturated rings. The van der Waals surface area contributed by atoms with Crippen LogP contribution < -0.4 is 10.6 Å². The first-order valence-electron chi connectivity index (χ1n) is 6.76. The van der Waals surface area contributed by atoms with E-state index in [1.807, 2.05) is 6.92 Å². The monoisotopic (exact) mass is 284 g/mol. The topological polar surface area (TPSA) is 76.1 Å². The Morgan fingerprint density at radius 2 is 2.37 bits per heavy atom. The molecule has 0 aliphatic carbocycles. The van der Waals surface area contributed by atoms with E-state index in [4.69, 9.17) is 4.74 Å². The number of hydrogen-bond acceptors (Lipinski definition) is 6. The van der Waals surface area contributed by atoms with Crippen molar-refractivity contribution in [2.24, 2.45) is 0 Å². The number of nitrogens with one attached hydrogen (secondary N) is 2. The summed E-state index contributed by atoms with van der Waals surface area (Å²) in [7, 11) is 0. The Morgan fingerprint density at radius 1 is 1.47 bits per heavy atom. The van der Waals surface area contributed by atoms with Crippen LogP contribution in [0.25, 0.3) is 0 Å². The third kappa shape index (κ3) is 4.43. The van der Waals surface area contributed by atoms with Crippen molar-refractivity contribution in [1.82, 2.24) is 15.5 Å². The highest BCUT2D eigenvalue weighted by atomic mass is 32.1. The van der Waals surface area contributed by atoms with Gasteiger partial charge in [0.25, 0.3) is 5.91 Å². The first kappa shape index (κ1) is 14.2. The minimum absolute atomic E-state index is 0.155. The summed E-state index contributed by atoms with van der Waals surface area (Å²) in [5, 5.41) is 14.7. The molecule has 2 N–H and O–H groups in total. The molecule has 106 valence electrons. The summed E-state index contributed by atoms with van der Waals surface area (Å²) in [5.41, 5.74) is 0. The molecule has 1 atom stereocenters. The molecular weight excluding hydrogens is 264 g/mol. The number of ether oxygens (including phenoxy) is 1. The zero-order valence-corrected chi connectivity index (χ0v) is 12.0. The van der Waals surface area contributed by atoms with Crippen molar-refractivity contribution in [2.75, 3.05) is 25.0 Å². The van der Waals surface area contributed by atoms with Crippen LogP contribution in [0.2, 0.25) is 0 Å². The van der Waals surface area contributed by atoms with E-state index < -0.39 is 0 Å². The molecule has 0 aromatic carbocycles. The standard InChI is InChI=1S/C12H20N4O2S/c1-2-13-12-16-15-11(19-12)10(17)14-7-6-9-5-3-4-8-18-9/h9H,2-8H2,1H3,(H,13,16)(H,14,17). The summed E-state index contributed by atoms with van der Waals surface area (Å²) < 4.78 is 5.61. The van der Waals surface area contributed by atoms with Gasteiger partial charge in [0, 0.05) is 19.7 Å². The summed E-state index contributed by atoms with van der Waals surface area (Å²) in [6.45, 7) is 4.22. The normalized spacial score (nSPS) is 19.1. The Kier molecular flexibility index (Phi) is 5.53. The Bertz CT molecular complexity index is 404. The number of anilines is 1. The van der Waals surface area contributed by atoms with Gasteiger partial charge in [-0.1, -0.05) is 11.3 Å². The number of carbonyl (C=O) groups is 1. The van der Waals surface area contributed by atoms with Crippen LogP contribution in [0.5, 0.6) is 0 Å². The molecule has 1 unspecified atom stereocenters. The molecule has 1 amide bonds. The van der Waals surface area contributed by atoms with Gasteiger partial charge in [-0.25, -0.2) is 0 Å². The predicted molar refractivity (Wildman–Crippen MR) is 74.6 cm³/mol. The maximum atomic E-state index is 11.8. The second-order valence-corrected chi connectivity index (χ2v) is 5.45. The summed E-state index contributed by atoms with van der Waals surface area (Å²) in [4.78, 5) is 11.8. The van der Waals surface area contributed by atoms with Gasteiger partial charge in [-0.05, 0) is 32.6 Å². The van der Waals surface area contributed by atoms with Gasteiger partial charge >= 0.3 is 0 Å². The first-order chi connectivity index (χ1) is 9.29. The van der Waals surface area contributed by atoms with Gasteiger partial charge < -0.3 is 15.4 Å². The van der Waals surface area contributed by atoms with Crippen LogP contribution in [-0.2, 0) is 4.74 Å². The predicted octanol–water partition coefficient (Wildman–Crippen LogP) is 1.66. The third-order valence-electron chi connectivity index (χ3n) is 2.97. The Hall–Kier alpha value is -1.21. The maximum absolute atomic E-state index is 11.8. The fourth-order valence-electron chi connectivity index (χ4n) is 2.00. The van der Waals surface area contributed by atoms with Crippen molar-refractivity contribution in [1.29, 1.82) is 0 Å². The average Bonchev–Trinajstić information content (AvgIpc) is 2.89. The molecule has 7 heteroatoms. The third-order valence-corrected chi connectivity index (χ3v) is 3.85. The van der Waals surface area contributed by atoms with Gasteiger partial charge in [-0.3, -0.25) is 4.79 Å². The highest BCUT2D eigenvalue weighted by Crippen LogP contribution is 2.16. The summed E-state index contributed by atoms with van der Waals surface area (Å²) in [6, 6.07) is 0. The molecule has 1 saturated heterocycles. The van der Waals surface area contributed by atoms with Crippen molar-refractivity contribution >= 4 is 22.4 Å². The highest BCUT2D eigenvalue weighted by Gasteiger charge is 2.15. The smallest absolute Gasteiger partial charge is 0.282 e. The molecule has 1 aliphatic heterocycles. The molecule has 2 heterocycles. The van der Waals surface area contributed by atoms with Crippen molar-refractivity contribution in [3.63, 3.8) is 0 Å². The lowest BCUT2D eigenvalue weighted by molar-refractivity contribution is 0.0117. The quantitative estimate of drug-likeness (QED) is 0.831. The van der Waals surface area contributed by atoms with Crippen LogP contribution in [0.3, 0.4) is 0 Å². The van der Waals surface area contributed by atoms with Crippen molar-refractivity contribution in [3.05, 3.63) is 5.01 Å². The Balaban J connectivity index is 1.70. The lowest BCUT2D eigenvalue weighted by Gasteiger charge is -2.22. The highest BCUT2D eigenvalue weighted by molar-refractivity contribution is 7.17. The van der Waals surface area contributed by atoms with E-state index in [2.05, 4.69) is 20.8 Å². The molecule has 1 aromatic heterocycles. The van der Waals surface area contributed by atoms with Crippen LogP contribution in [0, 0.1) is 0 Å². The minimum atomic E-state index is -0.155. The Labute approximate surface area is 116 Å². The zero-order chi connectivity index (χ0) is 13.5. The fraction of sp³-hybridized carbons (Fsp3) is 0.750. The van der Waals surface area contributed by atoms with Crippen molar-refractivity contribution in [3.8, 4) is 0 Å². The average molecular weight is 284 g/mol. The van der Waals surface area contributed by atoms with Crippen LogP contribution in [0.4, 0.5) is 5.13 Å². The lowest BCUT2D eigenvalue weighted by atomic mass is 10.1. The van der Waals surface area contributed by atoms with Crippen molar-refractivity contribution in [2.45, 2.75) is 38.7 Å². The molecule has 0 bridgehead atoms. The lowest BCUT2D eigenvalue weighted by Crippen LogP contribution is -2.29. The maximum Gasteiger partial charge on any atom is 0.282 e. The summed E-state index contributed by atoms with van der Waals surface area (Å²) in [5.74, 6) is -0.155. The Morgan fingerprint density at radius 3 is 3.11 bits per heavy atom. The molecule has 0 spiro atoms. The molecule has 1 aliphatic rings. The van der Waals surface area contributed by atoms with E-state index in [1.165, 1.54) is 17.8 Å². The van der Waals surface area contributed by atoms with E-state index in [0.717, 1.165) is 32.4 Å².